The Kier molecular flexibility index (Phi) is 3.70. The lowest BCUT2D eigenvalue weighted by Crippen LogP contribution is -2.03. The second kappa shape index (κ2) is 5.63. The molecule has 0 aliphatic heterocycles. The number of nitrogens with one attached hydrogen (secondary N) is 1. The van der Waals surface area contributed by atoms with E-state index in [2.05, 4.69) is 75.6 Å². The van der Waals surface area contributed by atoms with Crippen molar-refractivity contribution < 1.29 is 0 Å². The Bertz CT molecular complexity index is 748. The number of nitrogens with zero attached hydrogens (tertiary/aromatic N) is 1. The molecule has 0 unspecified atom stereocenters. The average Bonchev–Trinajstić information content (AvgIpc) is 2.49. The second-order valence-electron chi connectivity index (χ2n) is 4.78. The van der Waals surface area contributed by atoms with Crippen molar-refractivity contribution in [2.45, 2.75) is 13.5 Å². The van der Waals surface area contributed by atoms with Crippen molar-refractivity contribution in [3.8, 4) is 0 Å². The average molecular weight is 327 g/mol. The minimum atomic E-state index is 0.760. The summed E-state index contributed by atoms with van der Waals surface area (Å²) in [7, 11) is 0. The summed E-state index contributed by atoms with van der Waals surface area (Å²) < 4.78 is 1.03. The minimum Gasteiger partial charge on any atom is -0.365 e. The van der Waals surface area contributed by atoms with E-state index in [1.807, 2.05) is 12.3 Å². The molecule has 1 aromatic heterocycles. The van der Waals surface area contributed by atoms with Crippen LogP contribution in [0.3, 0.4) is 0 Å². The zero-order chi connectivity index (χ0) is 13.9. The third-order valence-corrected chi connectivity index (χ3v) is 4.41. The van der Waals surface area contributed by atoms with Crippen LogP contribution in [-0.2, 0) is 6.54 Å². The van der Waals surface area contributed by atoms with Crippen LogP contribution < -0.4 is 5.32 Å². The molecule has 100 valence electrons. The summed E-state index contributed by atoms with van der Waals surface area (Å²) in [6.07, 6.45) is 1.82. The van der Waals surface area contributed by atoms with E-state index >= 15 is 0 Å². The maximum absolute atomic E-state index is 4.38. The Morgan fingerprint density at radius 3 is 2.75 bits per heavy atom. The van der Waals surface area contributed by atoms with Crippen LogP contribution in [0.1, 0.15) is 11.1 Å². The van der Waals surface area contributed by atoms with Gasteiger partial charge >= 0.3 is 0 Å². The summed E-state index contributed by atoms with van der Waals surface area (Å²) >= 11 is 3.58. The highest BCUT2D eigenvalue weighted by Crippen LogP contribution is 2.25. The molecule has 2 aromatic carbocycles. The third-order valence-electron chi connectivity index (χ3n) is 3.41. The van der Waals surface area contributed by atoms with E-state index < -0.39 is 0 Å². The number of anilines is 1. The first kappa shape index (κ1) is 13.1. The van der Waals surface area contributed by atoms with Gasteiger partial charge < -0.3 is 5.32 Å². The fourth-order valence-electron chi connectivity index (χ4n) is 2.29. The number of hydrogen-bond donors (Lipinski definition) is 1. The molecule has 0 spiro atoms. The van der Waals surface area contributed by atoms with Gasteiger partial charge in [0.05, 0.1) is 4.47 Å². The van der Waals surface area contributed by atoms with Gasteiger partial charge in [0.1, 0.15) is 5.82 Å². The van der Waals surface area contributed by atoms with Crippen molar-refractivity contribution in [2.24, 2.45) is 0 Å². The van der Waals surface area contributed by atoms with Crippen LogP contribution in [-0.4, -0.2) is 4.98 Å². The summed E-state index contributed by atoms with van der Waals surface area (Å²) in [5.74, 6) is 0.887. The number of aromatic nitrogens is 1. The van der Waals surface area contributed by atoms with Gasteiger partial charge in [-0.05, 0) is 50.8 Å². The number of halogens is 1. The highest BCUT2D eigenvalue weighted by molar-refractivity contribution is 9.10. The first-order chi connectivity index (χ1) is 9.75. The molecule has 0 atom stereocenters. The molecule has 3 rings (SSSR count). The quantitative estimate of drug-likeness (QED) is 0.739. The standard InChI is InChI=1S/C17H15BrN2/c1-12-9-10-19-17(16(12)18)20-11-14-7-4-6-13-5-2-3-8-15(13)14/h2-10H,11H2,1H3,(H,19,20). The van der Waals surface area contributed by atoms with E-state index in [0.717, 1.165) is 16.8 Å². The molecular formula is C17H15BrN2. The number of aryl methyl sites for hydroxylation is 1. The van der Waals surface area contributed by atoms with Crippen LogP contribution in [0.4, 0.5) is 5.82 Å². The maximum Gasteiger partial charge on any atom is 0.140 e. The Morgan fingerprint density at radius 1 is 1.05 bits per heavy atom. The lowest BCUT2D eigenvalue weighted by Gasteiger charge is -2.11. The molecule has 0 saturated heterocycles. The molecule has 0 fully saturated rings. The molecule has 20 heavy (non-hydrogen) atoms. The molecule has 3 aromatic rings. The van der Waals surface area contributed by atoms with Crippen LogP contribution in [0.15, 0.2) is 59.2 Å². The number of benzene rings is 2. The zero-order valence-electron chi connectivity index (χ0n) is 11.2. The first-order valence-corrected chi connectivity index (χ1v) is 7.36. The van der Waals surface area contributed by atoms with E-state index in [1.165, 1.54) is 21.9 Å². The summed E-state index contributed by atoms with van der Waals surface area (Å²) in [5.41, 5.74) is 2.46. The van der Waals surface area contributed by atoms with Crippen LogP contribution in [0.2, 0.25) is 0 Å². The van der Waals surface area contributed by atoms with Gasteiger partial charge in [-0.1, -0.05) is 42.5 Å². The normalized spacial score (nSPS) is 10.7. The Balaban J connectivity index is 1.89. The molecule has 1 N–H and O–H groups in total. The van der Waals surface area contributed by atoms with E-state index in [9.17, 15) is 0 Å². The predicted molar refractivity (Wildman–Crippen MR) is 87.9 cm³/mol. The summed E-state index contributed by atoms with van der Waals surface area (Å²) in [6, 6.07) is 16.8. The Labute approximate surface area is 127 Å². The van der Waals surface area contributed by atoms with Gasteiger partial charge in [-0.3, -0.25) is 0 Å². The zero-order valence-corrected chi connectivity index (χ0v) is 12.8. The molecule has 0 bridgehead atoms. The van der Waals surface area contributed by atoms with Gasteiger partial charge in [-0.15, -0.1) is 0 Å². The molecule has 3 heteroatoms. The van der Waals surface area contributed by atoms with Crippen LogP contribution >= 0.6 is 15.9 Å². The fraction of sp³-hybridized carbons (Fsp3) is 0.118. The van der Waals surface area contributed by atoms with Crippen LogP contribution in [0, 0.1) is 6.92 Å². The number of hydrogen-bond acceptors (Lipinski definition) is 2. The molecule has 0 aliphatic carbocycles. The van der Waals surface area contributed by atoms with E-state index in [4.69, 9.17) is 0 Å². The molecule has 0 amide bonds. The first-order valence-electron chi connectivity index (χ1n) is 6.57. The third kappa shape index (κ3) is 2.54. The van der Waals surface area contributed by atoms with Crippen molar-refractivity contribution >= 4 is 32.5 Å². The predicted octanol–water partition coefficient (Wildman–Crippen LogP) is 4.92. The number of rotatable bonds is 3. The lowest BCUT2D eigenvalue weighted by atomic mass is 10.0. The topological polar surface area (TPSA) is 24.9 Å². The molecule has 2 nitrogen and oxygen atoms in total. The monoisotopic (exact) mass is 326 g/mol. The van der Waals surface area contributed by atoms with Crippen molar-refractivity contribution in [1.82, 2.24) is 4.98 Å². The molecule has 0 saturated carbocycles. The van der Waals surface area contributed by atoms with E-state index in [1.54, 1.807) is 0 Å². The van der Waals surface area contributed by atoms with Gasteiger partial charge in [0.2, 0.25) is 0 Å². The number of pyridine rings is 1. The van der Waals surface area contributed by atoms with Crippen molar-refractivity contribution in [1.29, 1.82) is 0 Å². The van der Waals surface area contributed by atoms with Gasteiger partial charge in [-0.2, -0.15) is 0 Å². The van der Waals surface area contributed by atoms with E-state index in [-0.39, 0.29) is 0 Å². The van der Waals surface area contributed by atoms with Crippen molar-refractivity contribution in [3.63, 3.8) is 0 Å². The Hall–Kier alpha value is -1.87. The van der Waals surface area contributed by atoms with Crippen molar-refractivity contribution in [3.05, 3.63) is 70.3 Å². The largest absolute Gasteiger partial charge is 0.365 e. The van der Waals surface area contributed by atoms with E-state index in [0.29, 0.717) is 0 Å². The van der Waals surface area contributed by atoms with Gasteiger partial charge in [0.15, 0.2) is 0 Å². The maximum atomic E-state index is 4.38. The van der Waals surface area contributed by atoms with Gasteiger partial charge in [0, 0.05) is 12.7 Å². The van der Waals surface area contributed by atoms with Crippen molar-refractivity contribution in [2.75, 3.05) is 5.32 Å². The summed E-state index contributed by atoms with van der Waals surface area (Å²) in [4.78, 5) is 4.38. The van der Waals surface area contributed by atoms with Crippen LogP contribution in [0.25, 0.3) is 10.8 Å². The smallest absolute Gasteiger partial charge is 0.140 e. The molecule has 1 heterocycles. The molecular weight excluding hydrogens is 312 g/mol. The van der Waals surface area contributed by atoms with Crippen LogP contribution in [0.5, 0.6) is 0 Å². The fourth-order valence-corrected chi connectivity index (χ4v) is 2.66. The summed E-state index contributed by atoms with van der Waals surface area (Å²) in [6.45, 7) is 2.82. The minimum absolute atomic E-state index is 0.760. The highest BCUT2D eigenvalue weighted by Gasteiger charge is 2.05. The highest BCUT2D eigenvalue weighted by atomic mass is 79.9. The van der Waals surface area contributed by atoms with Gasteiger partial charge in [-0.25, -0.2) is 4.98 Å². The second-order valence-corrected chi connectivity index (χ2v) is 5.58. The van der Waals surface area contributed by atoms with Gasteiger partial charge in [0.25, 0.3) is 0 Å². The Morgan fingerprint density at radius 2 is 1.85 bits per heavy atom. The molecule has 0 radical (unpaired) electrons. The SMILES string of the molecule is Cc1ccnc(NCc2cccc3ccccc23)c1Br. The lowest BCUT2D eigenvalue weighted by molar-refractivity contribution is 1.11. The number of fused-ring (bicyclic) bond motifs is 1. The summed E-state index contributed by atoms with van der Waals surface area (Å²) in [5, 5.41) is 5.95. The molecule has 0 aliphatic rings.